The predicted octanol–water partition coefficient (Wildman–Crippen LogP) is 2.44. The maximum atomic E-state index is 9.08. The molecule has 0 atom stereocenters. The maximum absolute atomic E-state index is 9.08. The van der Waals surface area contributed by atoms with Gasteiger partial charge in [0.15, 0.2) is 5.76 Å². The lowest BCUT2D eigenvalue weighted by atomic mass is 10.1. The normalized spacial score (nSPS) is 11.2. The van der Waals surface area contributed by atoms with Crippen LogP contribution < -0.4 is 0 Å². The predicted molar refractivity (Wildman–Crippen MR) is 81.2 cm³/mol. The Balaban J connectivity index is 2.02. The third-order valence-corrected chi connectivity index (χ3v) is 3.36. The van der Waals surface area contributed by atoms with E-state index in [1.807, 2.05) is 30.3 Å². The fourth-order valence-corrected chi connectivity index (χ4v) is 2.12. The fraction of sp³-hybridized carbons (Fsp3) is 0.400. The third kappa shape index (κ3) is 4.82. The standard InChI is InChI=1S/C15H19ClN2O3/c1-20-9-7-18(6-8-19)11-14-10-15(17-21-14)12-2-4-13(16)5-3-12/h2-5,10,19H,6-9,11H2,1H3. The van der Waals surface area contributed by atoms with E-state index in [0.29, 0.717) is 24.7 Å². The number of benzene rings is 1. The molecule has 2 aromatic rings. The van der Waals surface area contributed by atoms with Gasteiger partial charge in [-0.1, -0.05) is 28.9 Å². The van der Waals surface area contributed by atoms with E-state index >= 15 is 0 Å². The minimum absolute atomic E-state index is 0.0991. The summed E-state index contributed by atoms with van der Waals surface area (Å²) >= 11 is 5.87. The largest absolute Gasteiger partial charge is 0.395 e. The van der Waals surface area contributed by atoms with Gasteiger partial charge in [-0.15, -0.1) is 0 Å². The van der Waals surface area contributed by atoms with Gasteiger partial charge in [0.05, 0.1) is 19.8 Å². The molecule has 0 spiro atoms. The maximum Gasteiger partial charge on any atom is 0.151 e. The molecule has 0 saturated heterocycles. The summed E-state index contributed by atoms with van der Waals surface area (Å²) in [5, 5.41) is 13.8. The van der Waals surface area contributed by atoms with E-state index in [9.17, 15) is 0 Å². The number of hydrogen-bond acceptors (Lipinski definition) is 5. The van der Waals surface area contributed by atoms with Crippen molar-refractivity contribution < 1.29 is 14.4 Å². The van der Waals surface area contributed by atoms with Crippen LogP contribution in [0.3, 0.4) is 0 Å². The Labute approximate surface area is 129 Å². The van der Waals surface area contributed by atoms with Gasteiger partial charge in [-0.3, -0.25) is 4.90 Å². The van der Waals surface area contributed by atoms with Gasteiger partial charge in [0.1, 0.15) is 5.69 Å². The highest BCUT2D eigenvalue weighted by Gasteiger charge is 2.11. The van der Waals surface area contributed by atoms with Gasteiger partial charge in [-0.25, -0.2) is 0 Å². The number of rotatable bonds is 8. The van der Waals surface area contributed by atoms with Gasteiger partial charge in [0.25, 0.3) is 0 Å². The lowest BCUT2D eigenvalue weighted by Gasteiger charge is -2.18. The second-order valence-corrected chi connectivity index (χ2v) is 5.11. The Kier molecular flexibility index (Phi) is 6.20. The zero-order valence-corrected chi connectivity index (χ0v) is 12.7. The molecule has 0 bridgehead atoms. The Morgan fingerprint density at radius 2 is 2.05 bits per heavy atom. The summed E-state index contributed by atoms with van der Waals surface area (Å²) in [5.74, 6) is 0.754. The number of aliphatic hydroxyl groups excluding tert-OH is 1. The number of aliphatic hydroxyl groups is 1. The van der Waals surface area contributed by atoms with E-state index in [-0.39, 0.29) is 6.61 Å². The molecule has 1 N–H and O–H groups in total. The molecule has 114 valence electrons. The van der Waals surface area contributed by atoms with Crippen LogP contribution in [0.1, 0.15) is 5.76 Å². The topological polar surface area (TPSA) is 58.7 Å². The number of aromatic nitrogens is 1. The average Bonchev–Trinajstić information content (AvgIpc) is 2.94. The number of halogens is 1. The zero-order valence-electron chi connectivity index (χ0n) is 12.0. The highest BCUT2D eigenvalue weighted by atomic mass is 35.5. The van der Waals surface area contributed by atoms with Gasteiger partial charge in [0.2, 0.25) is 0 Å². The molecule has 0 fully saturated rings. The van der Waals surface area contributed by atoms with E-state index in [0.717, 1.165) is 23.6 Å². The molecule has 6 heteroatoms. The lowest BCUT2D eigenvalue weighted by molar-refractivity contribution is 0.120. The number of nitrogens with zero attached hydrogens (tertiary/aromatic N) is 2. The van der Waals surface area contributed by atoms with Crippen LogP contribution in [0.5, 0.6) is 0 Å². The molecule has 0 aliphatic heterocycles. The van der Waals surface area contributed by atoms with Gasteiger partial charge >= 0.3 is 0 Å². The summed E-state index contributed by atoms with van der Waals surface area (Å²) in [4.78, 5) is 2.05. The van der Waals surface area contributed by atoms with Crippen molar-refractivity contribution in [2.24, 2.45) is 0 Å². The molecule has 0 amide bonds. The highest BCUT2D eigenvalue weighted by molar-refractivity contribution is 6.30. The molecule has 1 heterocycles. The zero-order chi connectivity index (χ0) is 15.1. The number of methoxy groups -OCH3 is 1. The minimum Gasteiger partial charge on any atom is -0.395 e. The van der Waals surface area contributed by atoms with Crippen LogP contribution in [-0.4, -0.2) is 48.6 Å². The van der Waals surface area contributed by atoms with Crippen molar-refractivity contribution in [2.75, 3.05) is 33.4 Å². The van der Waals surface area contributed by atoms with Gasteiger partial charge in [-0.05, 0) is 12.1 Å². The summed E-state index contributed by atoms with van der Waals surface area (Å²) in [6, 6.07) is 9.35. The Morgan fingerprint density at radius 3 is 2.71 bits per heavy atom. The molecule has 0 unspecified atom stereocenters. The minimum atomic E-state index is 0.0991. The van der Waals surface area contributed by atoms with Crippen LogP contribution in [0.2, 0.25) is 5.02 Å². The number of hydrogen-bond donors (Lipinski definition) is 1. The Bertz CT molecular complexity index is 542. The first-order chi connectivity index (χ1) is 10.2. The van der Waals surface area contributed by atoms with Crippen LogP contribution >= 0.6 is 11.6 Å². The van der Waals surface area contributed by atoms with Crippen molar-refractivity contribution in [2.45, 2.75) is 6.54 Å². The summed E-state index contributed by atoms with van der Waals surface area (Å²) in [5.41, 5.74) is 1.73. The summed E-state index contributed by atoms with van der Waals surface area (Å²) in [7, 11) is 1.66. The second kappa shape index (κ2) is 8.14. The van der Waals surface area contributed by atoms with Crippen molar-refractivity contribution in [3.05, 3.63) is 41.1 Å². The monoisotopic (exact) mass is 310 g/mol. The number of ether oxygens (including phenoxy) is 1. The molecule has 1 aromatic heterocycles. The quantitative estimate of drug-likeness (QED) is 0.811. The van der Waals surface area contributed by atoms with E-state index < -0.39 is 0 Å². The van der Waals surface area contributed by atoms with E-state index in [4.69, 9.17) is 26.0 Å². The molecular weight excluding hydrogens is 292 g/mol. The van der Waals surface area contributed by atoms with Crippen molar-refractivity contribution >= 4 is 11.6 Å². The van der Waals surface area contributed by atoms with Gasteiger partial charge in [0, 0.05) is 36.9 Å². The molecule has 1 aromatic carbocycles. The summed E-state index contributed by atoms with van der Waals surface area (Å²) in [6.45, 7) is 2.60. The smallest absolute Gasteiger partial charge is 0.151 e. The molecule has 0 saturated carbocycles. The molecule has 21 heavy (non-hydrogen) atoms. The average molecular weight is 311 g/mol. The van der Waals surface area contributed by atoms with Crippen LogP contribution in [0.15, 0.2) is 34.9 Å². The van der Waals surface area contributed by atoms with Crippen LogP contribution in [0.25, 0.3) is 11.3 Å². The first-order valence-electron chi connectivity index (χ1n) is 6.76. The molecule has 0 aliphatic carbocycles. The molecular formula is C15H19ClN2O3. The van der Waals surface area contributed by atoms with E-state index in [1.54, 1.807) is 7.11 Å². The van der Waals surface area contributed by atoms with Crippen molar-refractivity contribution in [1.29, 1.82) is 0 Å². The summed E-state index contributed by atoms with van der Waals surface area (Å²) in [6.07, 6.45) is 0. The summed E-state index contributed by atoms with van der Waals surface area (Å²) < 4.78 is 10.4. The van der Waals surface area contributed by atoms with E-state index in [1.165, 1.54) is 0 Å². The van der Waals surface area contributed by atoms with Crippen molar-refractivity contribution in [3.63, 3.8) is 0 Å². The molecule has 5 nitrogen and oxygen atoms in total. The lowest BCUT2D eigenvalue weighted by Crippen LogP contribution is -2.29. The first kappa shape index (κ1) is 16.0. The Hall–Kier alpha value is -1.40. The fourth-order valence-electron chi connectivity index (χ4n) is 2.00. The van der Waals surface area contributed by atoms with Crippen LogP contribution in [0, 0.1) is 0 Å². The molecule has 2 rings (SSSR count). The Morgan fingerprint density at radius 1 is 1.29 bits per heavy atom. The second-order valence-electron chi connectivity index (χ2n) is 4.68. The molecule has 0 radical (unpaired) electrons. The first-order valence-corrected chi connectivity index (χ1v) is 7.14. The SMILES string of the molecule is COCCN(CCO)Cc1cc(-c2ccc(Cl)cc2)no1. The van der Waals surface area contributed by atoms with Crippen LogP contribution in [0.4, 0.5) is 0 Å². The van der Waals surface area contributed by atoms with Crippen LogP contribution in [-0.2, 0) is 11.3 Å². The molecule has 0 aliphatic rings. The van der Waals surface area contributed by atoms with Crippen molar-refractivity contribution in [3.8, 4) is 11.3 Å². The van der Waals surface area contributed by atoms with Gasteiger partial charge in [-0.2, -0.15) is 0 Å². The van der Waals surface area contributed by atoms with E-state index in [2.05, 4.69) is 10.1 Å². The van der Waals surface area contributed by atoms with Gasteiger partial charge < -0.3 is 14.4 Å². The van der Waals surface area contributed by atoms with Crippen molar-refractivity contribution in [1.82, 2.24) is 10.1 Å². The third-order valence-electron chi connectivity index (χ3n) is 3.11. The highest BCUT2D eigenvalue weighted by Crippen LogP contribution is 2.21.